The molecule has 3 rings (SSSR count). The highest BCUT2D eigenvalue weighted by Crippen LogP contribution is 2.33. The summed E-state index contributed by atoms with van der Waals surface area (Å²) in [6.45, 7) is 0.675. The molecule has 0 spiro atoms. The van der Waals surface area contributed by atoms with Crippen LogP contribution < -0.4 is 5.69 Å². The molecule has 1 aliphatic carbocycles. The molecule has 5 heteroatoms. The van der Waals surface area contributed by atoms with E-state index in [1.165, 1.54) is 4.88 Å². The van der Waals surface area contributed by atoms with Crippen molar-refractivity contribution in [2.24, 2.45) is 0 Å². The van der Waals surface area contributed by atoms with E-state index >= 15 is 0 Å². The predicted octanol–water partition coefficient (Wildman–Crippen LogP) is 2.86. The van der Waals surface area contributed by atoms with Crippen molar-refractivity contribution in [3.63, 3.8) is 0 Å². The minimum atomic E-state index is 0.118. The largest absolute Gasteiger partial charge is 0.328 e. The van der Waals surface area contributed by atoms with Gasteiger partial charge in [-0.05, 0) is 34.8 Å². The van der Waals surface area contributed by atoms with Gasteiger partial charge in [-0.2, -0.15) is 0 Å². The van der Waals surface area contributed by atoms with Crippen LogP contribution in [0.1, 0.15) is 23.8 Å². The van der Waals surface area contributed by atoms with Gasteiger partial charge >= 0.3 is 5.69 Å². The van der Waals surface area contributed by atoms with Crippen LogP contribution in [0.5, 0.6) is 0 Å². The van der Waals surface area contributed by atoms with Crippen molar-refractivity contribution in [1.29, 1.82) is 0 Å². The first kappa shape index (κ1) is 10.4. The maximum Gasteiger partial charge on any atom is 0.328 e. The Morgan fingerprint density at radius 3 is 2.88 bits per heavy atom. The van der Waals surface area contributed by atoms with Gasteiger partial charge in [0.05, 0.1) is 6.54 Å². The second-order valence-electron chi connectivity index (χ2n) is 4.08. The smallest absolute Gasteiger partial charge is 0.296 e. The topological polar surface area (TPSA) is 26.9 Å². The minimum Gasteiger partial charge on any atom is -0.296 e. The van der Waals surface area contributed by atoms with Crippen LogP contribution in [0.3, 0.4) is 0 Å². The first-order valence-corrected chi connectivity index (χ1v) is 6.91. The lowest BCUT2D eigenvalue weighted by Gasteiger charge is -1.98. The Morgan fingerprint density at radius 1 is 1.44 bits per heavy atom. The fourth-order valence-electron chi connectivity index (χ4n) is 1.78. The van der Waals surface area contributed by atoms with E-state index in [1.54, 1.807) is 15.9 Å². The first-order chi connectivity index (χ1) is 7.74. The zero-order chi connectivity index (χ0) is 11.1. The van der Waals surface area contributed by atoms with Crippen molar-refractivity contribution >= 4 is 27.3 Å². The lowest BCUT2D eigenvalue weighted by atomic mass is 10.4. The third kappa shape index (κ3) is 1.89. The van der Waals surface area contributed by atoms with E-state index in [2.05, 4.69) is 22.0 Å². The van der Waals surface area contributed by atoms with E-state index in [0.29, 0.717) is 12.6 Å². The molecule has 0 amide bonds. The third-order valence-corrected chi connectivity index (χ3v) is 4.44. The average molecular weight is 299 g/mol. The molecule has 0 atom stereocenters. The van der Waals surface area contributed by atoms with Gasteiger partial charge in [0.1, 0.15) is 0 Å². The van der Waals surface area contributed by atoms with Crippen molar-refractivity contribution in [2.45, 2.75) is 25.4 Å². The molecule has 2 aromatic heterocycles. The summed E-state index contributed by atoms with van der Waals surface area (Å²) in [6, 6.07) is 2.52. The quantitative estimate of drug-likeness (QED) is 0.856. The summed E-state index contributed by atoms with van der Waals surface area (Å²) in [4.78, 5) is 13.2. The number of hydrogen-bond acceptors (Lipinski definition) is 2. The standard InChI is InChI=1S/C11H11BrN2OS/c12-8-5-10(16-7-8)6-13-3-4-14(11(13)15)9-1-2-9/h3-5,7,9H,1-2,6H2. The van der Waals surface area contributed by atoms with Crippen LogP contribution >= 0.6 is 27.3 Å². The number of aromatic nitrogens is 2. The maximum atomic E-state index is 12.0. The lowest BCUT2D eigenvalue weighted by Crippen LogP contribution is -2.23. The van der Waals surface area contributed by atoms with Gasteiger partial charge in [-0.25, -0.2) is 4.79 Å². The Morgan fingerprint density at radius 2 is 2.25 bits per heavy atom. The molecule has 1 saturated carbocycles. The molecule has 0 unspecified atom stereocenters. The molecule has 2 aromatic rings. The van der Waals surface area contributed by atoms with Crippen molar-refractivity contribution in [1.82, 2.24) is 9.13 Å². The van der Waals surface area contributed by atoms with E-state index in [9.17, 15) is 4.79 Å². The minimum absolute atomic E-state index is 0.118. The fourth-order valence-corrected chi connectivity index (χ4v) is 3.23. The summed E-state index contributed by atoms with van der Waals surface area (Å²) in [5.41, 5.74) is 0.118. The van der Waals surface area contributed by atoms with Crippen LogP contribution in [0.4, 0.5) is 0 Å². The van der Waals surface area contributed by atoms with Gasteiger partial charge < -0.3 is 0 Å². The number of rotatable bonds is 3. The van der Waals surface area contributed by atoms with Crippen molar-refractivity contribution in [2.75, 3.05) is 0 Å². The Hall–Kier alpha value is -0.810. The normalized spacial score (nSPS) is 15.6. The van der Waals surface area contributed by atoms with Crippen molar-refractivity contribution in [3.8, 4) is 0 Å². The van der Waals surface area contributed by atoms with Crippen LogP contribution in [-0.2, 0) is 6.54 Å². The van der Waals surface area contributed by atoms with E-state index in [-0.39, 0.29) is 5.69 Å². The molecule has 0 aromatic carbocycles. The molecule has 16 heavy (non-hydrogen) atoms. The van der Waals surface area contributed by atoms with Crippen LogP contribution in [0.15, 0.2) is 33.1 Å². The number of thiophene rings is 1. The van der Waals surface area contributed by atoms with E-state index in [0.717, 1.165) is 17.3 Å². The molecule has 0 radical (unpaired) electrons. The third-order valence-electron chi connectivity index (χ3n) is 2.76. The summed E-state index contributed by atoms with van der Waals surface area (Å²) in [5, 5.41) is 2.04. The highest BCUT2D eigenvalue weighted by molar-refractivity contribution is 9.10. The number of imidazole rings is 1. The predicted molar refractivity (Wildman–Crippen MR) is 68.1 cm³/mol. The second-order valence-corrected chi connectivity index (χ2v) is 5.99. The fraction of sp³-hybridized carbons (Fsp3) is 0.364. The van der Waals surface area contributed by atoms with Gasteiger partial charge in [-0.1, -0.05) is 0 Å². The molecular formula is C11H11BrN2OS. The Labute approximate surface area is 105 Å². The SMILES string of the molecule is O=c1n(Cc2cc(Br)cs2)ccn1C1CC1. The Kier molecular flexibility index (Phi) is 2.52. The Balaban J connectivity index is 1.87. The molecule has 0 saturated heterocycles. The summed E-state index contributed by atoms with van der Waals surface area (Å²) < 4.78 is 4.71. The van der Waals surface area contributed by atoms with Crippen LogP contribution in [-0.4, -0.2) is 9.13 Å². The maximum absolute atomic E-state index is 12.0. The lowest BCUT2D eigenvalue weighted by molar-refractivity contribution is 0.659. The number of halogens is 1. The van der Waals surface area contributed by atoms with Gasteiger partial charge in [0, 0.05) is 33.2 Å². The van der Waals surface area contributed by atoms with Crippen LogP contribution in [0.2, 0.25) is 0 Å². The zero-order valence-corrected chi connectivity index (χ0v) is 11.0. The number of nitrogens with zero attached hydrogens (tertiary/aromatic N) is 2. The molecule has 3 nitrogen and oxygen atoms in total. The van der Waals surface area contributed by atoms with Gasteiger partial charge in [0.25, 0.3) is 0 Å². The molecule has 0 N–H and O–H groups in total. The Bertz CT molecular complexity index is 565. The molecule has 0 aliphatic heterocycles. The van der Waals surface area contributed by atoms with E-state index in [1.807, 2.05) is 22.3 Å². The first-order valence-electron chi connectivity index (χ1n) is 5.24. The van der Waals surface area contributed by atoms with Gasteiger partial charge in [0.15, 0.2) is 0 Å². The molecule has 1 aliphatic rings. The summed E-state index contributed by atoms with van der Waals surface area (Å²) in [7, 11) is 0. The highest BCUT2D eigenvalue weighted by Gasteiger charge is 2.25. The van der Waals surface area contributed by atoms with Crippen LogP contribution in [0, 0.1) is 0 Å². The van der Waals surface area contributed by atoms with Gasteiger partial charge in [-0.15, -0.1) is 11.3 Å². The highest BCUT2D eigenvalue weighted by atomic mass is 79.9. The van der Waals surface area contributed by atoms with Crippen molar-refractivity contribution in [3.05, 3.63) is 43.7 Å². The summed E-state index contributed by atoms with van der Waals surface area (Å²) in [5.74, 6) is 0. The summed E-state index contributed by atoms with van der Waals surface area (Å²) >= 11 is 5.09. The number of hydrogen-bond donors (Lipinski definition) is 0. The summed E-state index contributed by atoms with van der Waals surface area (Å²) in [6.07, 6.45) is 6.08. The monoisotopic (exact) mass is 298 g/mol. The van der Waals surface area contributed by atoms with E-state index < -0.39 is 0 Å². The van der Waals surface area contributed by atoms with Gasteiger partial charge in [0.2, 0.25) is 0 Å². The van der Waals surface area contributed by atoms with Crippen LogP contribution in [0.25, 0.3) is 0 Å². The molecule has 2 heterocycles. The molecule has 0 bridgehead atoms. The molecule has 1 fully saturated rings. The average Bonchev–Trinajstić information content (AvgIpc) is 2.93. The zero-order valence-electron chi connectivity index (χ0n) is 8.60. The molecular weight excluding hydrogens is 288 g/mol. The van der Waals surface area contributed by atoms with Crippen molar-refractivity contribution < 1.29 is 0 Å². The van der Waals surface area contributed by atoms with Gasteiger partial charge in [-0.3, -0.25) is 9.13 Å². The second kappa shape index (κ2) is 3.89. The molecule has 84 valence electrons. The van der Waals surface area contributed by atoms with E-state index in [4.69, 9.17) is 0 Å².